The summed E-state index contributed by atoms with van der Waals surface area (Å²) in [6, 6.07) is 0.423. The number of amides is 1. The Balaban J connectivity index is 2.44. The van der Waals surface area contributed by atoms with Crippen molar-refractivity contribution in [1.29, 1.82) is 0 Å². The molecule has 0 aromatic heterocycles. The summed E-state index contributed by atoms with van der Waals surface area (Å²) < 4.78 is 0. The monoisotopic (exact) mass is 255 g/mol. The average molecular weight is 255 g/mol. The van der Waals surface area contributed by atoms with Crippen LogP contribution in [0.4, 0.5) is 0 Å². The average Bonchev–Trinajstić information content (AvgIpc) is 2.71. The standard InChI is InChI=1S/C14H29N3O/c1-11(2)8-12(17(4)5)9-16-13(18)14(3)6-7-15-10-14/h11-12,15H,6-10H2,1-5H3,(H,16,18). The van der Waals surface area contributed by atoms with E-state index in [9.17, 15) is 4.79 Å². The predicted octanol–water partition coefficient (Wildman–Crippen LogP) is 1.08. The quantitative estimate of drug-likeness (QED) is 0.746. The van der Waals surface area contributed by atoms with E-state index in [1.807, 2.05) is 0 Å². The molecule has 1 saturated heterocycles. The largest absolute Gasteiger partial charge is 0.354 e. The van der Waals surface area contributed by atoms with Gasteiger partial charge in [0.2, 0.25) is 5.91 Å². The first-order valence-corrected chi connectivity index (χ1v) is 7.00. The molecule has 4 nitrogen and oxygen atoms in total. The van der Waals surface area contributed by atoms with Crippen molar-refractivity contribution in [3.05, 3.63) is 0 Å². The summed E-state index contributed by atoms with van der Waals surface area (Å²) in [5.41, 5.74) is -0.214. The van der Waals surface area contributed by atoms with Gasteiger partial charge in [-0.2, -0.15) is 0 Å². The Labute approximate surface area is 111 Å². The highest BCUT2D eigenvalue weighted by Gasteiger charge is 2.36. The number of likely N-dealkylation sites (N-methyl/N-ethyl adjacent to an activating group) is 1. The first-order valence-electron chi connectivity index (χ1n) is 7.00. The zero-order chi connectivity index (χ0) is 13.8. The van der Waals surface area contributed by atoms with Crippen molar-refractivity contribution in [1.82, 2.24) is 15.5 Å². The Hall–Kier alpha value is -0.610. The summed E-state index contributed by atoms with van der Waals surface area (Å²) in [6.07, 6.45) is 2.05. The first kappa shape index (κ1) is 15.4. The lowest BCUT2D eigenvalue weighted by molar-refractivity contribution is -0.129. The van der Waals surface area contributed by atoms with Gasteiger partial charge in [-0.05, 0) is 46.3 Å². The van der Waals surface area contributed by atoms with E-state index in [0.29, 0.717) is 12.0 Å². The van der Waals surface area contributed by atoms with Gasteiger partial charge in [-0.15, -0.1) is 0 Å². The van der Waals surface area contributed by atoms with Gasteiger partial charge in [-0.25, -0.2) is 0 Å². The van der Waals surface area contributed by atoms with E-state index in [-0.39, 0.29) is 11.3 Å². The number of nitrogens with one attached hydrogen (secondary N) is 2. The fraction of sp³-hybridized carbons (Fsp3) is 0.929. The lowest BCUT2D eigenvalue weighted by atomic mass is 9.88. The number of hydrogen-bond donors (Lipinski definition) is 2. The second-order valence-electron chi connectivity index (χ2n) is 6.44. The molecule has 1 aliphatic rings. The third-order valence-corrected chi connectivity index (χ3v) is 3.89. The molecule has 2 unspecified atom stereocenters. The van der Waals surface area contributed by atoms with E-state index in [1.165, 1.54) is 0 Å². The van der Waals surface area contributed by atoms with Crippen LogP contribution in [-0.2, 0) is 4.79 Å². The molecule has 18 heavy (non-hydrogen) atoms. The van der Waals surface area contributed by atoms with Gasteiger partial charge in [0.25, 0.3) is 0 Å². The molecule has 106 valence electrons. The van der Waals surface area contributed by atoms with Gasteiger partial charge < -0.3 is 15.5 Å². The van der Waals surface area contributed by atoms with Crippen molar-refractivity contribution in [2.45, 2.75) is 39.7 Å². The van der Waals surface area contributed by atoms with Gasteiger partial charge in [-0.1, -0.05) is 13.8 Å². The highest BCUT2D eigenvalue weighted by atomic mass is 16.2. The molecule has 1 heterocycles. The smallest absolute Gasteiger partial charge is 0.227 e. The second kappa shape index (κ2) is 6.53. The van der Waals surface area contributed by atoms with Crippen molar-refractivity contribution < 1.29 is 4.79 Å². The minimum atomic E-state index is -0.214. The van der Waals surface area contributed by atoms with E-state index in [4.69, 9.17) is 0 Å². The molecule has 0 bridgehead atoms. The third kappa shape index (κ3) is 4.25. The summed E-state index contributed by atoms with van der Waals surface area (Å²) in [7, 11) is 4.16. The van der Waals surface area contributed by atoms with E-state index in [0.717, 1.165) is 32.5 Å². The normalized spacial score (nSPS) is 25.7. The Morgan fingerprint density at radius 2 is 2.11 bits per heavy atom. The molecule has 0 spiro atoms. The molecule has 1 fully saturated rings. The van der Waals surface area contributed by atoms with E-state index in [1.54, 1.807) is 0 Å². The number of carbonyl (C=O) groups is 1. The molecule has 0 radical (unpaired) electrons. The SMILES string of the molecule is CC(C)CC(CNC(=O)C1(C)CCNC1)N(C)C. The fourth-order valence-corrected chi connectivity index (χ4v) is 2.46. The molecule has 2 N–H and O–H groups in total. The summed E-state index contributed by atoms with van der Waals surface area (Å²) in [5.74, 6) is 0.848. The van der Waals surface area contributed by atoms with Crippen LogP contribution in [0.15, 0.2) is 0 Å². The summed E-state index contributed by atoms with van der Waals surface area (Å²) in [6.45, 7) is 9.00. The molecule has 1 amide bonds. The maximum absolute atomic E-state index is 12.2. The molecular weight excluding hydrogens is 226 g/mol. The third-order valence-electron chi connectivity index (χ3n) is 3.89. The van der Waals surface area contributed by atoms with E-state index in [2.05, 4.69) is 50.4 Å². The van der Waals surface area contributed by atoms with Crippen molar-refractivity contribution >= 4 is 5.91 Å². The van der Waals surface area contributed by atoms with Gasteiger partial charge in [0.1, 0.15) is 0 Å². The molecule has 0 saturated carbocycles. The van der Waals surface area contributed by atoms with Crippen LogP contribution in [0.3, 0.4) is 0 Å². The topological polar surface area (TPSA) is 44.4 Å². The van der Waals surface area contributed by atoms with Crippen LogP contribution < -0.4 is 10.6 Å². The predicted molar refractivity (Wildman–Crippen MR) is 75.5 cm³/mol. The Morgan fingerprint density at radius 3 is 2.56 bits per heavy atom. The number of hydrogen-bond acceptors (Lipinski definition) is 3. The molecule has 0 aliphatic carbocycles. The molecular formula is C14H29N3O. The summed E-state index contributed by atoms with van der Waals surface area (Å²) in [5, 5.41) is 6.40. The van der Waals surface area contributed by atoms with Crippen LogP contribution in [0, 0.1) is 11.3 Å². The maximum Gasteiger partial charge on any atom is 0.227 e. The summed E-state index contributed by atoms with van der Waals surface area (Å²) in [4.78, 5) is 14.4. The molecule has 0 aromatic rings. The lowest BCUT2D eigenvalue weighted by Crippen LogP contribution is -2.46. The van der Waals surface area contributed by atoms with Crippen LogP contribution in [0.2, 0.25) is 0 Å². The number of carbonyl (C=O) groups excluding carboxylic acids is 1. The fourth-order valence-electron chi connectivity index (χ4n) is 2.46. The molecule has 1 rings (SSSR count). The van der Waals surface area contributed by atoms with Crippen molar-refractivity contribution in [3.63, 3.8) is 0 Å². The number of nitrogens with zero attached hydrogens (tertiary/aromatic N) is 1. The summed E-state index contributed by atoms with van der Waals surface area (Å²) >= 11 is 0. The highest BCUT2D eigenvalue weighted by Crippen LogP contribution is 2.24. The van der Waals surface area contributed by atoms with E-state index < -0.39 is 0 Å². The van der Waals surface area contributed by atoms with Gasteiger partial charge in [-0.3, -0.25) is 4.79 Å². The lowest BCUT2D eigenvalue weighted by Gasteiger charge is -2.28. The van der Waals surface area contributed by atoms with Crippen LogP contribution in [0.5, 0.6) is 0 Å². The Bertz CT molecular complexity index is 270. The Morgan fingerprint density at radius 1 is 1.44 bits per heavy atom. The molecule has 1 aliphatic heterocycles. The van der Waals surface area contributed by atoms with Crippen LogP contribution in [0.1, 0.15) is 33.6 Å². The second-order valence-corrected chi connectivity index (χ2v) is 6.44. The van der Waals surface area contributed by atoms with Crippen LogP contribution >= 0.6 is 0 Å². The van der Waals surface area contributed by atoms with Gasteiger partial charge in [0.15, 0.2) is 0 Å². The van der Waals surface area contributed by atoms with Crippen molar-refractivity contribution in [2.75, 3.05) is 33.7 Å². The number of rotatable bonds is 6. The maximum atomic E-state index is 12.2. The molecule has 2 atom stereocenters. The van der Waals surface area contributed by atoms with Gasteiger partial charge >= 0.3 is 0 Å². The van der Waals surface area contributed by atoms with Gasteiger partial charge in [0, 0.05) is 19.1 Å². The molecule has 4 heteroatoms. The van der Waals surface area contributed by atoms with Crippen LogP contribution in [-0.4, -0.2) is 50.6 Å². The zero-order valence-electron chi connectivity index (χ0n) is 12.5. The van der Waals surface area contributed by atoms with Gasteiger partial charge in [0.05, 0.1) is 5.41 Å². The Kier molecular flexibility index (Phi) is 5.60. The van der Waals surface area contributed by atoms with Crippen LogP contribution in [0.25, 0.3) is 0 Å². The van der Waals surface area contributed by atoms with Crippen molar-refractivity contribution in [2.24, 2.45) is 11.3 Å². The first-order chi connectivity index (χ1) is 8.35. The van der Waals surface area contributed by atoms with E-state index >= 15 is 0 Å². The zero-order valence-corrected chi connectivity index (χ0v) is 12.5. The molecule has 0 aromatic carbocycles. The minimum Gasteiger partial charge on any atom is -0.354 e. The minimum absolute atomic E-state index is 0.197. The van der Waals surface area contributed by atoms with Crippen molar-refractivity contribution in [3.8, 4) is 0 Å². The highest BCUT2D eigenvalue weighted by molar-refractivity contribution is 5.82.